The third kappa shape index (κ3) is 3.72. The maximum atomic E-state index is 12.5. The van der Waals surface area contributed by atoms with Gasteiger partial charge in [-0.2, -0.15) is 0 Å². The van der Waals surface area contributed by atoms with Crippen molar-refractivity contribution in [1.82, 2.24) is 4.90 Å². The quantitative estimate of drug-likeness (QED) is 0.652. The van der Waals surface area contributed by atoms with Crippen molar-refractivity contribution < 1.29 is 9.53 Å². The third-order valence-corrected chi connectivity index (χ3v) is 5.10. The van der Waals surface area contributed by atoms with Gasteiger partial charge in [0.1, 0.15) is 6.61 Å². The molecule has 0 aromatic heterocycles. The number of hydrogen-bond donors (Lipinski definition) is 0. The van der Waals surface area contributed by atoms with Crippen LogP contribution >= 0.6 is 0 Å². The fraction of sp³-hybridized carbons (Fsp3) is 0.261. The van der Waals surface area contributed by atoms with Crippen molar-refractivity contribution in [3.05, 3.63) is 83.9 Å². The second-order valence-electron chi connectivity index (χ2n) is 6.92. The molecule has 1 aliphatic heterocycles. The molecular weight excluding hydrogens is 322 g/mol. The number of benzene rings is 3. The van der Waals surface area contributed by atoms with Crippen molar-refractivity contribution in [2.45, 2.75) is 31.9 Å². The molecule has 3 heteroatoms. The molecule has 3 aromatic carbocycles. The Hall–Kier alpha value is -2.81. The largest absolute Gasteiger partial charge is 0.445 e. The van der Waals surface area contributed by atoms with Crippen LogP contribution in [0, 0.1) is 0 Å². The molecule has 0 aliphatic carbocycles. The van der Waals surface area contributed by atoms with Crippen LogP contribution in [0.4, 0.5) is 4.79 Å². The van der Waals surface area contributed by atoms with E-state index in [-0.39, 0.29) is 12.1 Å². The summed E-state index contributed by atoms with van der Waals surface area (Å²) < 4.78 is 5.54. The van der Waals surface area contributed by atoms with E-state index in [2.05, 4.69) is 42.5 Å². The minimum absolute atomic E-state index is 0.197. The zero-order valence-electron chi connectivity index (χ0n) is 14.8. The molecule has 1 amide bonds. The molecule has 0 bridgehead atoms. The fourth-order valence-electron chi connectivity index (χ4n) is 3.73. The average molecular weight is 345 g/mol. The highest BCUT2D eigenvalue weighted by Gasteiger charge is 2.29. The Labute approximate surface area is 154 Å². The zero-order chi connectivity index (χ0) is 17.8. The molecule has 1 aliphatic rings. The normalized spacial score (nSPS) is 16.8. The molecule has 3 aromatic rings. The van der Waals surface area contributed by atoms with E-state index in [4.69, 9.17) is 4.74 Å². The summed E-state index contributed by atoms with van der Waals surface area (Å²) in [4.78, 5) is 14.4. The molecule has 1 heterocycles. The number of likely N-dealkylation sites (tertiary alicyclic amines) is 1. The number of amides is 1. The molecule has 1 saturated heterocycles. The molecule has 132 valence electrons. The molecular formula is C23H23NO2. The predicted molar refractivity (Wildman–Crippen MR) is 104 cm³/mol. The van der Waals surface area contributed by atoms with Gasteiger partial charge in [-0.25, -0.2) is 4.79 Å². The maximum Gasteiger partial charge on any atom is 0.410 e. The van der Waals surface area contributed by atoms with Gasteiger partial charge in [0.2, 0.25) is 0 Å². The van der Waals surface area contributed by atoms with Gasteiger partial charge in [-0.15, -0.1) is 0 Å². The van der Waals surface area contributed by atoms with E-state index in [0.29, 0.717) is 6.61 Å². The molecule has 0 N–H and O–H groups in total. The lowest BCUT2D eigenvalue weighted by Gasteiger charge is -2.24. The van der Waals surface area contributed by atoms with Crippen molar-refractivity contribution >= 4 is 16.9 Å². The third-order valence-electron chi connectivity index (χ3n) is 5.10. The zero-order valence-corrected chi connectivity index (χ0v) is 14.8. The lowest BCUT2D eigenvalue weighted by molar-refractivity contribution is 0.0921. The van der Waals surface area contributed by atoms with Crippen LogP contribution in [0.2, 0.25) is 0 Å². The van der Waals surface area contributed by atoms with Crippen LogP contribution in [0.1, 0.15) is 24.0 Å². The summed E-state index contributed by atoms with van der Waals surface area (Å²) in [6.45, 7) is 1.12. The van der Waals surface area contributed by atoms with Crippen molar-refractivity contribution in [2.75, 3.05) is 6.54 Å². The van der Waals surface area contributed by atoms with Gasteiger partial charge in [0, 0.05) is 12.6 Å². The van der Waals surface area contributed by atoms with Crippen molar-refractivity contribution in [1.29, 1.82) is 0 Å². The topological polar surface area (TPSA) is 29.5 Å². The van der Waals surface area contributed by atoms with Gasteiger partial charge >= 0.3 is 6.09 Å². The first-order valence-corrected chi connectivity index (χ1v) is 9.24. The number of rotatable bonds is 4. The second-order valence-corrected chi connectivity index (χ2v) is 6.92. The van der Waals surface area contributed by atoms with Crippen LogP contribution < -0.4 is 0 Å². The first-order chi connectivity index (χ1) is 12.8. The number of hydrogen-bond acceptors (Lipinski definition) is 2. The number of fused-ring (bicyclic) bond motifs is 1. The lowest BCUT2D eigenvalue weighted by Crippen LogP contribution is -2.37. The highest BCUT2D eigenvalue weighted by Crippen LogP contribution is 2.24. The summed E-state index contributed by atoms with van der Waals surface area (Å²) in [6, 6.07) is 25.0. The molecule has 26 heavy (non-hydrogen) atoms. The number of carbonyl (C=O) groups is 1. The average Bonchev–Trinajstić information content (AvgIpc) is 3.15. The molecule has 0 spiro atoms. The van der Waals surface area contributed by atoms with E-state index >= 15 is 0 Å². The van der Waals surface area contributed by atoms with Gasteiger partial charge in [-0.1, -0.05) is 72.8 Å². The predicted octanol–water partition coefficient (Wildman–Crippen LogP) is 5.18. The summed E-state index contributed by atoms with van der Waals surface area (Å²) in [6.07, 6.45) is 2.76. The lowest BCUT2D eigenvalue weighted by atomic mass is 10.0. The van der Waals surface area contributed by atoms with Gasteiger partial charge in [0.05, 0.1) is 0 Å². The first-order valence-electron chi connectivity index (χ1n) is 9.24. The number of nitrogens with zero attached hydrogens (tertiary/aromatic N) is 1. The molecule has 0 radical (unpaired) electrons. The van der Waals surface area contributed by atoms with Crippen molar-refractivity contribution in [3.63, 3.8) is 0 Å². The molecule has 1 atom stereocenters. The Bertz CT molecular complexity index is 891. The highest BCUT2D eigenvalue weighted by atomic mass is 16.6. The van der Waals surface area contributed by atoms with E-state index in [9.17, 15) is 4.79 Å². The van der Waals surface area contributed by atoms with Crippen LogP contribution in [0.3, 0.4) is 0 Å². The maximum absolute atomic E-state index is 12.5. The SMILES string of the molecule is O=C(OCc1ccccc1)N1CCCC1Cc1ccc2ccccc2c1. The van der Waals surface area contributed by atoms with Gasteiger partial charge in [0.15, 0.2) is 0 Å². The van der Waals surface area contributed by atoms with Crippen LogP contribution in [-0.2, 0) is 17.8 Å². The Morgan fingerprint density at radius 2 is 1.69 bits per heavy atom. The summed E-state index contributed by atoms with van der Waals surface area (Å²) in [5.74, 6) is 0. The van der Waals surface area contributed by atoms with Gasteiger partial charge < -0.3 is 9.64 Å². The summed E-state index contributed by atoms with van der Waals surface area (Å²) in [5.41, 5.74) is 2.29. The van der Waals surface area contributed by atoms with Crippen molar-refractivity contribution in [3.8, 4) is 0 Å². The van der Waals surface area contributed by atoms with Gasteiger partial charge in [0.25, 0.3) is 0 Å². The summed E-state index contributed by atoms with van der Waals surface area (Å²) in [7, 11) is 0. The minimum atomic E-state index is -0.197. The van der Waals surface area contributed by atoms with E-state index in [1.165, 1.54) is 16.3 Å². The first kappa shape index (κ1) is 16.6. The monoisotopic (exact) mass is 345 g/mol. The summed E-state index contributed by atoms with van der Waals surface area (Å²) in [5, 5.41) is 2.50. The van der Waals surface area contributed by atoms with Crippen LogP contribution in [0.5, 0.6) is 0 Å². The molecule has 1 unspecified atom stereocenters. The minimum Gasteiger partial charge on any atom is -0.445 e. The Morgan fingerprint density at radius 1 is 0.923 bits per heavy atom. The molecule has 4 rings (SSSR count). The highest BCUT2D eigenvalue weighted by molar-refractivity contribution is 5.83. The van der Waals surface area contributed by atoms with Crippen LogP contribution in [0.15, 0.2) is 72.8 Å². The second kappa shape index (κ2) is 7.61. The van der Waals surface area contributed by atoms with Crippen molar-refractivity contribution in [2.24, 2.45) is 0 Å². The Balaban J connectivity index is 1.41. The van der Waals surface area contributed by atoms with Gasteiger partial charge in [-0.3, -0.25) is 0 Å². The van der Waals surface area contributed by atoms with E-state index in [1.807, 2.05) is 35.2 Å². The Kier molecular flexibility index (Phi) is 4.87. The van der Waals surface area contributed by atoms with E-state index < -0.39 is 0 Å². The fourth-order valence-corrected chi connectivity index (χ4v) is 3.73. The van der Waals surface area contributed by atoms with E-state index in [0.717, 1.165) is 31.4 Å². The van der Waals surface area contributed by atoms with Gasteiger partial charge in [-0.05, 0) is 41.2 Å². The smallest absolute Gasteiger partial charge is 0.410 e. The number of ether oxygens (including phenoxy) is 1. The molecule has 1 fully saturated rings. The van der Waals surface area contributed by atoms with E-state index in [1.54, 1.807) is 0 Å². The van der Waals surface area contributed by atoms with Crippen LogP contribution in [-0.4, -0.2) is 23.6 Å². The standard InChI is InChI=1S/C23H23NO2/c25-23(26-17-18-7-2-1-3-8-18)24-14-6-11-22(24)16-19-12-13-20-9-4-5-10-21(20)15-19/h1-5,7-10,12-13,15,22H,6,11,14,16-17H2. The molecule has 0 saturated carbocycles. The number of carbonyl (C=O) groups excluding carboxylic acids is 1. The Morgan fingerprint density at radius 3 is 2.54 bits per heavy atom. The van der Waals surface area contributed by atoms with Crippen LogP contribution in [0.25, 0.3) is 10.8 Å². The summed E-state index contributed by atoms with van der Waals surface area (Å²) >= 11 is 0. The molecule has 3 nitrogen and oxygen atoms in total.